The lowest BCUT2D eigenvalue weighted by molar-refractivity contribution is -0.159. The van der Waals surface area contributed by atoms with Crippen LogP contribution in [0, 0.1) is 0 Å². The summed E-state index contributed by atoms with van der Waals surface area (Å²) in [6, 6.07) is 5.59. The van der Waals surface area contributed by atoms with E-state index in [0.717, 1.165) is 0 Å². The molecule has 1 aromatic carbocycles. The number of ether oxygens (including phenoxy) is 3. The molecule has 0 aromatic heterocycles. The maximum atomic E-state index is 11.8. The SMILES string of the molecule is COC(=O)COc1ccc(NC(=O)OCC(F)(F)F)cc1. The average Bonchev–Trinajstić information content (AvgIpc) is 2.43. The van der Waals surface area contributed by atoms with Crippen molar-refractivity contribution in [3.05, 3.63) is 24.3 Å². The first-order valence-electron chi connectivity index (χ1n) is 5.60. The van der Waals surface area contributed by atoms with E-state index in [0.29, 0.717) is 5.75 Å². The van der Waals surface area contributed by atoms with Crippen molar-refractivity contribution < 1.29 is 37.0 Å². The van der Waals surface area contributed by atoms with Crippen molar-refractivity contribution in [2.45, 2.75) is 6.18 Å². The molecule has 21 heavy (non-hydrogen) atoms. The summed E-state index contributed by atoms with van der Waals surface area (Å²) in [7, 11) is 1.21. The maximum Gasteiger partial charge on any atom is 0.422 e. The Morgan fingerprint density at radius 3 is 2.33 bits per heavy atom. The van der Waals surface area contributed by atoms with Gasteiger partial charge in [-0.25, -0.2) is 9.59 Å². The summed E-state index contributed by atoms with van der Waals surface area (Å²) in [5.74, 6) is -0.234. The van der Waals surface area contributed by atoms with Crippen molar-refractivity contribution >= 4 is 17.7 Å². The van der Waals surface area contributed by atoms with Gasteiger partial charge in [0.05, 0.1) is 7.11 Å². The van der Waals surface area contributed by atoms with Gasteiger partial charge in [0, 0.05) is 5.69 Å². The van der Waals surface area contributed by atoms with Crippen LogP contribution in [-0.2, 0) is 14.3 Å². The zero-order chi connectivity index (χ0) is 15.9. The fourth-order valence-corrected chi connectivity index (χ4v) is 1.14. The number of alkyl halides is 3. The van der Waals surface area contributed by atoms with Gasteiger partial charge in [-0.1, -0.05) is 0 Å². The number of hydrogen-bond acceptors (Lipinski definition) is 5. The quantitative estimate of drug-likeness (QED) is 0.845. The van der Waals surface area contributed by atoms with E-state index in [1.165, 1.54) is 31.4 Å². The Bertz CT molecular complexity index is 487. The molecule has 116 valence electrons. The summed E-state index contributed by atoms with van der Waals surface area (Å²) in [4.78, 5) is 21.9. The van der Waals surface area contributed by atoms with Crippen LogP contribution in [-0.4, -0.2) is 38.6 Å². The minimum atomic E-state index is -4.58. The molecule has 1 aromatic rings. The number of hydrogen-bond donors (Lipinski definition) is 1. The number of nitrogens with one attached hydrogen (secondary N) is 1. The minimum absolute atomic E-state index is 0.215. The second-order valence-electron chi connectivity index (χ2n) is 3.71. The van der Waals surface area contributed by atoms with Gasteiger partial charge in [-0.15, -0.1) is 0 Å². The molecule has 0 bridgehead atoms. The Balaban J connectivity index is 2.43. The maximum absolute atomic E-state index is 11.8. The topological polar surface area (TPSA) is 73.9 Å². The Hall–Kier alpha value is -2.45. The number of benzene rings is 1. The van der Waals surface area contributed by atoms with E-state index in [1.807, 2.05) is 0 Å². The van der Waals surface area contributed by atoms with Gasteiger partial charge >= 0.3 is 18.2 Å². The van der Waals surface area contributed by atoms with E-state index in [1.54, 1.807) is 0 Å². The lowest BCUT2D eigenvalue weighted by Crippen LogP contribution is -2.23. The summed E-state index contributed by atoms with van der Waals surface area (Å²) in [6.45, 7) is -1.95. The zero-order valence-electron chi connectivity index (χ0n) is 10.9. The largest absolute Gasteiger partial charge is 0.482 e. The average molecular weight is 307 g/mol. The number of carbonyl (C=O) groups excluding carboxylic acids is 2. The fourth-order valence-electron chi connectivity index (χ4n) is 1.14. The first kappa shape index (κ1) is 16.6. The minimum Gasteiger partial charge on any atom is -0.482 e. The number of anilines is 1. The van der Waals surface area contributed by atoms with Crippen LogP contribution in [0.3, 0.4) is 0 Å². The molecule has 9 heteroatoms. The summed E-state index contributed by atoms with van der Waals surface area (Å²) in [6.07, 6.45) is -5.81. The smallest absolute Gasteiger partial charge is 0.422 e. The number of amides is 1. The Labute approximate surface area is 117 Å². The van der Waals surface area contributed by atoms with Crippen molar-refractivity contribution in [2.75, 3.05) is 25.6 Å². The predicted octanol–water partition coefficient (Wildman–Crippen LogP) is 2.35. The second-order valence-corrected chi connectivity index (χ2v) is 3.71. The highest BCUT2D eigenvalue weighted by Gasteiger charge is 2.29. The molecule has 0 spiro atoms. The van der Waals surface area contributed by atoms with Crippen LogP contribution in [0.5, 0.6) is 5.75 Å². The van der Waals surface area contributed by atoms with Crippen molar-refractivity contribution in [1.29, 1.82) is 0 Å². The predicted molar refractivity (Wildman–Crippen MR) is 65.0 cm³/mol. The third-order valence-corrected chi connectivity index (χ3v) is 2.05. The van der Waals surface area contributed by atoms with E-state index in [4.69, 9.17) is 4.74 Å². The van der Waals surface area contributed by atoms with Crippen LogP contribution in [0.2, 0.25) is 0 Å². The van der Waals surface area contributed by atoms with Gasteiger partial charge in [0.2, 0.25) is 0 Å². The molecule has 0 aliphatic rings. The number of rotatable bonds is 5. The summed E-state index contributed by atoms with van der Waals surface area (Å²) in [5.41, 5.74) is 0.215. The van der Waals surface area contributed by atoms with Gasteiger partial charge in [0.15, 0.2) is 13.2 Å². The molecule has 1 amide bonds. The second kappa shape index (κ2) is 7.36. The zero-order valence-corrected chi connectivity index (χ0v) is 10.9. The van der Waals surface area contributed by atoms with Crippen molar-refractivity contribution in [3.63, 3.8) is 0 Å². The number of methoxy groups -OCH3 is 1. The monoisotopic (exact) mass is 307 g/mol. The molecule has 0 fully saturated rings. The van der Waals surface area contributed by atoms with Gasteiger partial charge < -0.3 is 14.2 Å². The molecule has 1 N–H and O–H groups in total. The first-order chi connectivity index (χ1) is 9.80. The van der Waals surface area contributed by atoms with Crippen molar-refractivity contribution in [1.82, 2.24) is 0 Å². The third-order valence-electron chi connectivity index (χ3n) is 2.05. The molecule has 0 unspecified atom stereocenters. The highest BCUT2D eigenvalue weighted by Crippen LogP contribution is 2.17. The van der Waals surface area contributed by atoms with Gasteiger partial charge in [-0.3, -0.25) is 5.32 Å². The normalized spacial score (nSPS) is 10.7. The molecule has 0 heterocycles. The van der Waals surface area contributed by atoms with E-state index in [2.05, 4.69) is 14.8 Å². The molecular formula is C12H12F3NO5. The van der Waals surface area contributed by atoms with Gasteiger partial charge in [-0.2, -0.15) is 13.2 Å². The summed E-state index contributed by atoms with van der Waals surface area (Å²) < 4.78 is 48.9. The van der Waals surface area contributed by atoms with Crippen LogP contribution >= 0.6 is 0 Å². The lowest BCUT2D eigenvalue weighted by Gasteiger charge is -2.09. The van der Waals surface area contributed by atoms with E-state index >= 15 is 0 Å². The molecule has 0 saturated heterocycles. The van der Waals surface area contributed by atoms with Crippen molar-refractivity contribution in [3.8, 4) is 5.75 Å². The Kier molecular flexibility index (Phi) is 5.82. The van der Waals surface area contributed by atoms with E-state index in [9.17, 15) is 22.8 Å². The molecule has 1 rings (SSSR count). The Morgan fingerprint density at radius 2 is 1.81 bits per heavy atom. The molecule has 6 nitrogen and oxygen atoms in total. The molecule has 0 saturated carbocycles. The van der Waals surface area contributed by atoms with Crippen molar-refractivity contribution in [2.24, 2.45) is 0 Å². The molecule has 0 radical (unpaired) electrons. The molecule has 0 atom stereocenters. The number of carbonyl (C=O) groups is 2. The standard InChI is InChI=1S/C12H12F3NO5/c1-19-10(17)6-20-9-4-2-8(3-5-9)16-11(18)21-7-12(13,14)15/h2-5H,6-7H2,1H3,(H,16,18). The van der Waals surface area contributed by atoms with E-state index < -0.39 is 24.8 Å². The molecular weight excluding hydrogens is 295 g/mol. The third kappa shape index (κ3) is 7.04. The highest BCUT2D eigenvalue weighted by atomic mass is 19.4. The molecule has 0 aliphatic heterocycles. The van der Waals surface area contributed by atoms with E-state index in [-0.39, 0.29) is 12.3 Å². The van der Waals surface area contributed by atoms with Gasteiger partial charge in [-0.05, 0) is 24.3 Å². The molecule has 0 aliphatic carbocycles. The summed E-state index contributed by atoms with van der Waals surface area (Å²) >= 11 is 0. The number of halogens is 3. The fraction of sp³-hybridized carbons (Fsp3) is 0.333. The van der Waals surface area contributed by atoms with Crippen LogP contribution in [0.25, 0.3) is 0 Å². The Morgan fingerprint density at radius 1 is 1.19 bits per heavy atom. The van der Waals surface area contributed by atoms with Gasteiger partial charge in [0.25, 0.3) is 0 Å². The van der Waals surface area contributed by atoms with Crippen LogP contribution < -0.4 is 10.1 Å². The van der Waals surface area contributed by atoms with Crippen LogP contribution in [0.1, 0.15) is 0 Å². The first-order valence-corrected chi connectivity index (χ1v) is 5.60. The summed E-state index contributed by atoms with van der Waals surface area (Å²) in [5, 5.41) is 2.11. The van der Waals surface area contributed by atoms with Gasteiger partial charge in [0.1, 0.15) is 5.75 Å². The highest BCUT2D eigenvalue weighted by molar-refractivity contribution is 5.84. The number of esters is 1. The van der Waals surface area contributed by atoms with Crippen LogP contribution in [0.15, 0.2) is 24.3 Å². The van der Waals surface area contributed by atoms with Crippen LogP contribution in [0.4, 0.5) is 23.7 Å². The lowest BCUT2D eigenvalue weighted by atomic mass is 10.3.